The summed E-state index contributed by atoms with van der Waals surface area (Å²) in [5, 5.41) is 12.7. The molecule has 0 unspecified atom stereocenters. The van der Waals surface area contributed by atoms with Gasteiger partial charge in [-0.25, -0.2) is 4.79 Å². The Morgan fingerprint density at radius 3 is 2.71 bits per heavy atom. The molecular weight excluding hydrogens is 268 g/mol. The molecule has 122 valence electrons. The molecule has 1 saturated carbocycles. The molecule has 1 aliphatic heterocycles. The normalized spacial score (nSPS) is 28.2. The summed E-state index contributed by atoms with van der Waals surface area (Å²) in [7, 11) is 0. The Morgan fingerprint density at radius 2 is 2.10 bits per heavy atom. The first-order chi connectivity index (χ1) is 9.87. The van der Waals surface area contributed by atoms with E-state index in [1.807, 2.05) is 4.90 Å². The molecule has 21 heavy (non-hydrogen) atoms. The van der Waals surface area contributed by atoms with E-state index in [-0.39, 0.29) is 12.1 Å². The zero-order valence-electron chi connectivity index (χ0n) is 13.6. The van der Waals surface area contributed by atoms with Crippen LogP contribution >= 0.6 is 0 Å². The first-order valence-electron chi connectivity index (χ1n) is 8.20. The highest BCUT2D eigenvalue weighted by Crippen LogP contribution is 2.35. The zero-order valence-corrected chi connectivity index (χ0v) is 13.6. The third-order valence-corrected chi connectivity index (χ3v) is 4.77. The van der Waals surface area contributed by atoms with E-state index < -0.39 is 6.10 Å². The topological polar surface area (TPSA) is 61.8 Å². The van der Waals surface area contributed by atoms with Crippen molar-refractivity contribution >= 4 is 6.03 Å². The van der Waals surface area contributed by atoms with Crippen molar-refractivity contribution in [3.63, 3.8) is 0 Å². The van der Waals surface area contributed by atoms with Crippen LogP contribution in [0.15, 0.2) is 0 Å². The van der Waals surface area contributed by atoms with Gasteiger partial charge in [-0.2, -0.15) is 0 Å². The Kier molecular flexibility index (Phi) is 5.49. The average molecular weight is 298 g/mol. The smallest absolute Gasteiger partial charge is 0.318 e. The summed E-state index contributed by atoms with van der Waals surface area (Å²) in [6, 6.07) is 0.285. The van der Waals surface area contributed by atoms with Crippen molar-refractivity contribution in [2.24, 2.45) is 5.41 Å². The van der Waals surface area contributed by atoms with Gasteiger partial charge in [-0.3, -0.25) is 0 Å². The molecule has 1 aliphatic carbocycles. The molecule has 2 rings (SSSR count). The highest BCUT2D eigenvalue weighted by atomic mass is 16.5. The molecule has 0 radical (unpaired) electrons. The minimum Gasteiger partial charge on any atom is -0.393 e. The van der Waals surface area contributed by atoms with E-state index in [9.17, 15) is 9.90 Å². The fraction of sp³-hybridized carbons (Fsp3) is 0.938. The maximum Gasteiger partial charge on any atom is 0.318 e. The van der Waals surface area contributed by atoms with Crippen molar-refractivity contribution in [3.8, 4) is 0 Å². The van der Waals surface area contributed by atoms with Crippen LogP contribution < -0.4 is 5.32 Å². The monoisotopic (exact) mass is 298 g/mol. The molecule has 0 aromatic rings. The van der Waals surface area contributed by atoms with Crippen molar-refractivity contribution in [2.45, 2.75) is 71.1 Å². The van der Waals surface area contributed by atoms with Gasteiger partial charge in [0.25, 0.3) is 0 Å². The van der Waals surface area contributed by atoms with Gasteiger partial charge in [-0.1, -0.05) is 13.8 Å². The van der Waals surface area contributed by atoms with Gasteiger partial charge in [0.05, 0.1) is 25.4 Å². The number of amides is 2. The fourth-order valence-corrected chi connectivity index (χ4v) is 3.31. The van der Waals surface area contributed by atoms with E-state index >= 15 is 0 Å². The summed E-state index contributed by atoms with van der Waals surface area (Å²) in [5.41, 5.74) is 0.412. The van der Waals surface area contributed by atoms with Gasteiger partial charge >= 0.3 is 6.03 Å². The summed E-state index contributed by atoms with van der Waals surface area (Å²) in [6.45, 7) is 8.07. The van der Waals surface area contributed by atoms with E-state index in [1.54, 1.807) is 6.92 Å². The second-order valence-corrected chi connectivity index (χ2v) is 7.39. The third-order valence-electron chi connectivity index (χ3n) is 4.77. The van der Waals surface area contributed by atoms with Crippen molar-refractivity contribution < 1.29 is 14.6 Å². The molecule has 2 fully saturated rings. The lowest BCUT2D eigenvalue weighted by molar-refractivity contribution is -0.00527. The van der Waals surface area contributed by atoms with Gasteiger partial charge in [-0.15, -0.1) is 0 Å². The van der Waals surface area contributed by atoms with Crippen molar-refractivity contribution in [1.29, 1.82) is 0 Å². The number of nitrogens with one attached hydrogen (secondary N) is 1. The summed E-state index contributed by atoms with van der Waals surface area (Å²) < 4.78 is 5.45. The zero-order chi connectivity index (χ0) is 15.5. The molecule has 5 nitrogen and oxygen atoms in total. The van der Waals surface area contributed by atoms with Gasteiger partial charge in [0.2, 0.25) is 0 Å². The van der Waals surface area contributed by atoms with Crippen molar-refractivity contribution in [2.75, 3.05) is 19.8 Å². The van der Waals surface area contributed by atoms with Gasteiger partial charge in [-0.05, 0) is 44.4 Å². The molecular formula is C16H30N2O3. The summed E-state index contributed by atoms with van der Waals surface area (Å²) in [5.74, 6) is 0. The number of carbonyl (C=O) groups excluding carboxylic acids is 1. The molecule has 2 atom stereocenters. The highest BCUT2D eigenvalue weighted by Gasteiger charge is 2.32. The lowest BCUT2D eigenvalue weighted by Gasteiger charge is -2.39. The third kappa shape index (κ3) is 4.85. The molecule has 2 N–H and O–H groups in total. The molecule has 2 amide bonds. The molecule has 0 spiro atoms. The molecule has 1 heterocycles. The maximum atomic E-state index is 12.5. The van der Waals surface area contributed by atoms with Gasteiger partial charge in [0.1, 0.15) is 0 Å². The lowest BCUT2D eigenvalue weighted by Crippen LogP contribution is -2.55. The number of hydrogen-bond donors (Lipinski definition) is 2. The van der Waals surface area contributed by atoms with Gasteiger partial charge in [0, 0.05) is 12.6 Å². The quantitative estimate of drug-likeness (QED) is 0.839. The van der Waals surface area contributed by atoms with Crippen LogP contribution in [0, 0.1) is 5.41 Å². The summed E-state index contributed by atoms with van der Waals surface area (Å²) in [4.78, 5) is 14.3. The second kappa shape index (κ2) is 6.97. The Balaban J connectivity index is 1.86. The highest BCUT2D eigenvalue weighted by molar-refractivity contribution is 5.75. The molecule has 0 bridgehead atoms. The van der Waals surface area contributed by atoms with Crippen molar-refractivity contribution in [3.05, 3.63) is 0 Å². The molecule has 1 saturated heterocycles. The van der Waals surface area contributed by atoms with Crippen LogP contribution in [0.4, 0.5) is 4.79 Å². The van der Waals surface area contributed by atoms with E-state index in [4.69, 9.17) is 4.74 Å². The Morgan fingerprint density at radius 1 is 1.43 bits per heavy atom. The molecule has 0 aromatic heterocycles. The van der Waals surface area contributed by atoms with Crippen LogP contribution in [0.25, 0.3) is 0 Å². The fourth-order valence-electron chi connectivity index (χ4n) is 3.31. The number of rotatable bonds is 3. The van der Waals surface area contributed by atoms with Gasteiger partial charge in [0.15, 0.2) is 0 Å². The number of aliphatic hydroxyl groups is 1. The number of aliphatic hydroxyl groups excluding tert-OH is 1. The molecule has 2 aliphatic rings. The number of urea groups is 1. The van der Waals surface area contributed by atoms with Crippen LogP contribution in [0.1, 0.15) is 52.9 Å². The Labute approximate surface area is 128 Å². The van der Waals surface area contributed by atoms with Crippen LogP contribution in [0.3, 0.4) is 0 Å². The lowest BCUT2D eigenvalue weighted by atomic mass is 9.75. The predicted octanol–water partition coefficient (Wildman–Crippen LogP) is 2.14. The standard InChI is InChI=1S/C16H30N2O3/c1-12(19)10-14-11-21-9-8-18(14)15(20)17-13-4-6-16(2,3)7-5-13/h12-14,19H,4-11H2,1-3H3,(H,17,20)/t12-,14+/m0/s1. The number of morpholine rings is 1. The number of carbonyl (C=O) groups is 1. The minimum atomic E-state index is -0.414. The average Bonchev–Trinajstić information content (AvgIpc) is 2.41. The first kappa shape index (κ1) is 16.6. The minimum absolute atomic E-state index is 0.00801. The summed E-state index contributed by atoms with van der Waals surface area (Å²) >= 11 is 0. The largest absolute Gasteiger partial charge is 0.393 e. The maximum absolute atomic E-state index is 12.5. The van der Waals surface area contributed by atoms with E-state index in [2.05, 4.69) is 19.2 Å². The Hall–Kier alpha value is -0.810. The first-order valence-corrected chi connectivity index (χ1v) is 8.20. The van der Waals surface area contributed by atoms with E-state index in [1.165, 1.54) is 0 Å². The van der Waals surface area contributed by atoms with Crippen LogP contribution in [-0.4, -0.2) is 54.0 Å². The number of nitrogens with zero attached hydrogens (tertiary/aromatic N) is 1. The van der Waals surface area contributed by atoms with Crippen LogP contribution in [0.5, 0.6) is 0 Å². The molecule has 0 aromatic carbocycles. The number of ether oxygens (including phenoxy) is 1. The van der Waals surface area contributed by atoms with Crippen LogP contribution in [-0.2, 0) is 4.74 Å². The number of hydrogen-bond acceptors (Lipinski definition) is 3. The van der Waals surface area contributed by atoms with E-state index in [0.717, 1.165) is 25.7 Å². The Bertz CT molecular complexity index is 347. The second-order valence-electron chi connectivity index (χ2n) is 7.39. The summed E-state index contributed by atoms with van der Waals surface area (Å²) in [6.07, 6.45) is 4.61. The van der Waals surface area contributed by atoms with E-state index in [0.29, 0.717) is 37.6 Å². The predicted molar refractivity (Wildman–Crippen MR) is 82.2 cm³/mol. The van der Waals surface area contributed by atoms with Gasteiger partial charge < -0.3 is 20.1 Å². The van der Waals surface area contributed by atoms with Crippen molar-refractivity contribution in [1.82, 2.24) is 10.2 Å². The SMILES string of the molecule is C[C@H](O)C[C@@H]1COCCN1C(=O)NC1CCC(C)(C)CC1. The van der Waals surface area contributed by atoms with Crippen LogP contribution in [0.2, 0.25) is 0 Å². The molecule has 5 heteroatoms.